The van der Waals surface area contributed by atoms with Crippen LogP contribution in [-0.4, -0.2) is 63.6 Å². The second kappa shape index (κ2) is 13.5. The molecule has 11 heteroatoms. The molecule has 0 aliphatic carbocycles. The van der Waals surface area contributed by atoms with Gasteiger partial charge in [0, 0.05) is 5.41 Å². The predicted octanol–water partition coefficient (Wildman–Crippen LogP) is 3.39. The van der Waals surface area contributed by atoms with E-state index in [9.17, 15) is 24.3 Å². The Kier molecular flexibility index (Phi) is 11.2. The molecule has 0 radical (unpaired) electrons. The van der Waals surface area contributed by atoms with Crippen molar-refractivity contribution in [2.45, 2.75) is 72.1 Å². The lowest BCUT2D eigenvalue weighted by Gasteiger charge is -2.41. The quantitative estimate of drug-likeness (QED) is 0.0861. The molecule has 0 spiro atoms. The van der Waals surface area contributed by atoms with Gasteiger partial charge in [0.1, 0.15) is 19.5 Å². The number of carbonyl (C=O) groups excluding carboxylic acids is 4. The summed E-state index contributed by atoms with van der Waals surface area (Å²) in [5.74, 6) is -5.36. The van der Waals surface area contributed by atoms with E-state index in [0.717, 1.165) is 5.56 Å². The molecular formula is C27H40O10Si. The molecular weight excluding hydrogens is 512 g/mol. The second-order valence-corrected chi connectivity index (χ2v) is 15.6. The van der Waals surface area contributed by atoms with Gasteiger partial charge < -0.3 is 28.5 Å². The maximum Gasteiger partial charge on any atom is 0.318 e. The topological polar surface area (TPSA) is 135 Å². The van der Waals surface area contributed by atoms with E-state index in [1.807, 2.05) is 56.9 Å². The molecule has 1 aromatic rings. The lowest BCUT2D eigenvalue weighted by Crippen LogP contribution is -2.49. The van der Waals surface area contributed by atoms with E-state index < -0.39 is 68.4 Å². The molecule has 6 atom stereocenters. The molecule has 0 amide bonds. The minimum atomic E-state index is -1.85. The fourth-order valence-corrected chi connectivity index (χ4v) is 5.42. The fraction of sp³-hybridized carbons (Fsp3) is 0.630. The monoisotopic (exact) mass is 552 g/mol. The maximum atomic E-state index is 13.0. The molecule has 1 fully saturated rings. The number of benzene rings is 1. The zero-order valence-corrected chi connectivity index (χ0v) is 24.2. The molecule has 6 unspecified atom stereocenters. The summed E-state index contributed by atoms with van der Waals surface area (Å²) in [5, 5.41) is 10.00. The summed E-state index contributed by atoms with van der Waals surface area (Å²) in [5.41, 5.74) is -0.324. The number of aliphatic hydroxyl groups excluding tert-OH is 1. The Morgan fingerprint density at radius 1 is 1.16 bits per heavy atom. The minimum absolute atomic E-state index is 0.146. The van der Waals surface area contributed by atoms with Crippen LogP contribution in [0.15, 0.2) is 30.3 Å². The molecule has 1 aromatic carbocycles. The van der Waals surface area contributed by atoms with Gasteiger partial charge in [-0.25, -0.2) is 0 Å². The summed E-state index contributed by atoms with van der Waals surface area (Å²) >= 11 is 0. The van der Waals surface area contributed by atoms with Gasteiger partial charge in [-0.15, -0.1) is 0 Å². The first kappa shape index (κ1) is 31.6. The van der Waals surface area contributed by atoms with E-state index in [-0.39, 0.29) is 19.2 Å². The third-order valence-corrected chi connectivity index (χ3v) is 7.85. The highest BCUT2D eigenvalue weighted by Gasteiger charge is 2.59. The van der Waals surface area contributed by atoms with Crippen LogP contribution >= 0.6 is 0 Å². The van der Waals surface area contributed by atoms with E-state index in [4.69, 9.17) is 23.4 Å². The molecule has 38 heavy (non-hydrogen) atoms. The maximum absolute atomic E-state index is 13.0. The predicted molar refractivity (Wildman–Crippen MR) is 139 cm³/mol. The van der Waals surface area contributed by atoms with Crippen LogP contribution in [0.1, 0.15) is 45.6 Å². The van der Waals surface area contributed by atoms with Crippen LogP contribution in [-0.2, 0) is 42.6 Å². The number of hydrogen-bond donors (Lipinski definition) is 1. The Balaban J connectivity index is 2.22. The molecule has 1 aliphatic heterocycles. The standard InChI is InChI=1S/C27H40O10Si/c1-8-19(18-12-10-9-11-13-18)21-22(26(32)37-25(21)31)27(3,4)23(34-15-28)17(2)24(30)33-14-20(29)35-16-36-38(5,6)7/h9-13,15,17,19-23,29H,8,14,16H2,1-7H3. The van der Waals surface area contributed by atoms with Gasteiger partial charge in [0.15, 0.2) is 14.6 Å². The van der Waals surface area contributed by atoms with Crippen LogP contribution in [0.25, 0.3) is 0 Å². The van der Waals surface area contributed by atoms with Crippen LogP contribution in [0.2, 0.25) is 19.6 Å². The SMILES string of the molecule is CCC(c1ccccc1)C1C(=O)OC(=O)C1C(C)(C)C(OC=O)C(C)C(=O)OCC(O)OCO[Si](C)(C)C. The number of cyclic esters (lactones) is 2. The molecule has 1 N–H and O–H groups in total. The van der Waals surface area contributed by atoms with Crippen LogP contribution in [0.3, 0.4) is 0 Å². The summed E-state index contributed by atoms with van der Waals surface area (Å²) < 4.78 is 26.3. The van der Waals surface area contributed by atoms with Crippen molar-refractivity contribution in [2.75, 3.05) is 13.4 Å². The third kappa shape index (κ3) is 7.95. The van der Waals surface area contributed by atoms with Crippen LogP contribution in [0.4, 0.5) is 0 Å². The van der Waals surface area contributed by atoms with Gasteiger partial charge in [0.2, 0.25) is 0 Å². The second-order valence-electron chi connectivity index (χ2n) is 11.1. The van der Waals surface area contributed by atoms with Crippen molar-refractivity contribution in [1.29, 1.82) is 0 Å². The fourth-order valence-electron chi connectivity index (χ4n) is 4.99. The van der Waals surface area contributed by atoms with Gasteiger partial charge in [0.05, 0.1) is 17.8 Å². The average molecular weight is 553 g/mol. The van der Waals surface area contributed by atoms with E-state index in [0.29, 0.717) is 6.42 Å². The van der Waals surface area contributed by atoms with Crippen molar-refractivity contribution in [1.82, 2.24) is 0 Å². The number of aliphatic hydroxyl groups is 1. The number of esters is 3. The van der Waals surface area contributed by atoms with Gasteiger partial charge in [-0.3, -0.25) is 19.2 Å². The zero-order valence-electron chi connectivity index (χ0n) is 23.2. The van der Waals surface area contributed by atoms with Gasteiger partial charge in [0.25, 0.3) is 6.47 Å². The Hall–Kier alpha value is -2.60. The smallest absolute Gasteiger partial charge is 0.318 e. The van der Waals surface area contributed by atoms with Crippen LogP contribution in [0, 0.1) is 23.2 Å². The van der Waals surface area contributed by atoms with E-state index in [2.05, 4.69) is 0 Å². The Labute approximate surface area is 225 Å². The van der Waals surface area contributed by atoms with Gasteiger partial charge in [-0.05, 0) is 44.5 Å². The molecule has 1 saturated heterocycles. The molecule has 0 saturated carbocycles. The zero-order chi connectivity index (χ0) is 28.7. The molecule has 1 aliphatic rings. The lowest BCUT2D eigenvalue weighted by molar-refractivity contribution is -0.190. The number of ether oxygens (including phenoxy) is 4. The molecule has 10 nitrogen and oxygen atoms in total. The van der Waals surface area contributed by atoms with Crippen LogP contribution < -0.4 is 0 Å². The molecule has 0 aromatic heterocycles. The highest BCUT2D eigenvalue weighted by Crippen LogP contribution is 2.49. The number of carbonyl (C=O) groups is 4. The largest absolute Gasteiger partial charge is 0.463 e. The molecule has 212 valence electrons. The number of hydrogen-bond acceptors (Lipinski definition) is 10. The Bertz CT molecular complexity index is 958. The first-order chi connectivity index (χ1) is 17.7. The van der Waals surface area contributed by atoms with Gasteiger partial charge >= 0.3 is 17.9 Å². The van der Waals surface area contributed by atoms with E-state index in [1.165, 1.54) is 6.92 Å². The van der Waals surface area contributed by atoms with E-state index in [1.54, 1.807) is 13.8 Å². The van der Waals surface area contributed by atoms with Crippen LogP contribution in [0.5, 0.6) is 0 Å². The molecule has 1 heterocycles. The highest BCUT2D eigenvalue weighted by atomic mass is 28.4. The van der Waals surface area contributed by atoms with Gasteiger partial charge in [-0.1, -0.05) is 51.1 Å². The normalized spacial score (nSPS) is 21.3. The van der Waals surface area contributed by atoms with Crippen molar-refractivity contribution >= 4 is 32.7 Å². The number of rotatable bonds is 15. The highest BCUT2D eigenvalue weighted by molar-refractivity contribution is 6.69. The van der Waals surface area contributed by atoms with Crippen molar-refractivity contribution < 1.29 is 47.7 Å². The summed E-state index contributed by atoms with van der Waals surface area (Å²) in [6.45, 7) is 12.2. The van der Waals surface area contributed by atoms with Gasteiger partial charge in [-0.2, -0.15) is 0 Å². The minimum Gasteiger partial charge on any atom is -0.463 e. The summed E-state index contributed by atoms with van der Waals surface area (Å²) in [6, 6.07) is 9.34. The average Bonchev–Trinajstić information content (AvgIpc) is 3.14. The lowest BCUT2D eigenvalue weighted by atomic mass is 9.63. The summed E-state index contributed by atoms with van der Waals surface area (Å²) in [7, 11) is -1.85. The first-order valence-corrected chi connectivity index (χ1v) is 16.1. The van der Waals surface area contributed by atoms with E-state index >= 15 is 0 Å². The van der Waals surface area contributed by atoms with Crippen molar-refractivity contribution in [3.63, 3.8) is 0 Å². The van der Waals surface area contributed by atoms with Crippen molar-refractivity contribution in [3.8, 4) is 0 Å². The van der Waals surface area contributed by atoms with Crippen molar-refractivity contribution in [2.24, 2.45) is 23.2 Å². The Morgan fingerprint density at radius 3 is 2.34 bits per heavy atom. The first-order valence-electron chi connectivity index (χ1n) is 12.7. The summed E-state index contributed by atoms with van der Waals surface area (Å²) in [4.78, 5) is 50.3. The summed E-state index contributed by atoms with van der Waals surface area (Å²) in [6.07, 6.45) is -2.00. The van der Waals surface area contributed by atoms with Crippen molar-refractivity contribution in [3.05, 3.63) is 35.9 Å². The third-order valence-electron chi connectivity index (χ3n) is 6.87. The molecule has 2 rings (SSSR count). The Morgan fingerprint density at radius 2 is 1.79 bits per heavy atom. The molecule has 0 bridgehead atoms.